The Morgan fingerprint density at radius 3 is 2.55 bits per heavy atom. The minimum absolute atomic E-state index is 0.111. The topological polar surface area (TPSA) is 61.4 Å². The van der Waals surface area contributed by atoms with Gasteiger partial charge in [-0.2, -0.15) is 17.4 Å². The summed E-state index contributed by atoms with van der Waals surface area (Å²) >= 11 is 0. The van der Waals surface area contributed by atoms with E-state index in [2.05, 4.69) is 23.9 Å². The first kappa shape index (κ1) is 16.2. The number of nitrogens with zero attached hydrogens (tertiary/aromatic N) is 1. The van der Waals surface area contributed by atoms with Crippen molar-refractivity contribution in [1.82, 2.24) is 14.3 Å². The van der Waals surface area contributed by atoms with Crippen LogP contribution in [0.2, 0.25) is 0 Å². The molecule has 5 nitrogen and oxygen atoms in total. The molecule has 4 unspecified atom stereocenters. The maximum atomic E-state index is 12.5. The van der Waals surface area contributed by atoms with Gasteiger partial charge in [-0.05, 0) is 57.0 Å². The Balaban J connectivity index is 1.96. The fourth-order valence-electron chi connectivity index (χ4n) is 3.50. The van der Waals surface area contributed by atoms with Crippen LogP contribution in [0.4, 0.5) is 0 Å². The maximum absolute atomic E-state index is 12.5. The highest BCUT2D eigenvalue weighted by molar-refractivity contribution is 7.87. The zero-order valence-electron chi connectivity index (χ0n) is 12.9. The Labute approximate surface area is 123 Å². The van der Waals surface area contributed by atoms with Crippen LogP contribution in [0.5, 0.6) is 0 Å². The molecular formula is C14H29N3O2S. The molecule has 1 aliphatic heterocycles. The van der Waals surface area contributed by atoms with Gasteiger partial charge in [0.1, 0.15) is 0 Å². The standard InChI is InChI=1S/C14H29N3O2S/c1-11-6-7-14(12(11)2)16-20(18,19)17-8-4-5-13(10-17)9-15-3/h11-16H,4-10H2,1-3H3. The summed E-state index contributed by atoms with van der Waals surface area (Å²) in [5, 5.41) is 3.15. The lowest BCUT2D eigenvalue weighted by molar-refractivity contribution is 0.257. The number of rotatable bonds is 5. The molecule has 1 aliphatic carbocycles. The number of hydrogen-bond acceptors (Lipinski definition) is 3. The van der Waals surface area contributed by atoms with Gasteiger partial charge in [-0.1, -0.05) is 13.8 Å². The average molecular weight is 303 g/mol. The largest absolute Gasteiger partial charge is 0.319 e. The molecule has 6 heteroatoms. The third kappa shape index (κ3) is 3.72. The van der Waals surface area contributed by atoms with Gasteiger partial charge in [-0.15, -0.1) is 0 Å². The Bertz CT molecular complexity index is 411. The molecule has 1 saturated carbocycles. The Kier molecular flexibility index (Phi) is 5.45. The van der Waals surface area contributed by atoms with Crippen LogP contribution >= 0.6 is 0 Å². The molecule has 1 saturated heterocycles. The molecule has 0 amide bonds. The Morgan fingerprint density at radius 1 is 1.20 bits per heavy atom. The van der Waals surface area contributed by atoms with E-state index in [-0.39, 0.29) is 6.04 Å². The smallest absolute Gasteiger partial charge is 0.279 e. The van der Waals surface area contributed by atoms with Gasteiger partial charge in [0, 0.05) is 19.1 Å². The fraction of sp³-hybridized carbons (Fsp3) is 1.00. The molecule has 2 N–H and O–H groups in total. The predicted molar refractivity (Wildman–Crippen MR) is 81.6 cm³/mol. The van der Waals surface area contributed by atoms with E-state index >= 15 is 0 Å². The Morgan fingerprint density at radius 2 is 1.95 bits per heavy atom. The molecule has 2 fully saturated rings. The van der Waals surface area contributed by atoms with Gasteiger partial charge in [-0.3, -0.25) is 0 Å². The molecule has 0 aromatic heterocycles. The monoisotopic (exact) mass is 303 g/mol. The molecule has 0 radical (unpaired) electrons. The normalized spacial score (nSPS) is 36.4. The van der Waals surface area contributed by atoms with Crippen LogP contribution in [-0.4, -0.2) is 45.4 Å². The van der Waals surface area contributed by atoms with Crippen molar-refractivity contribution in [2.24, 2.45) is 17.8 Å². The average Bonchev–Trinajstić information content (AvgIpc) is 2.71. The van der Waals surface area contributed by atoms with Crippen LogP contribution in [0.25, 0.3) is 0 Å². The third-order valence-corrected chi connectivity index (χ3v) is 6.69. The lowest BCUT2D eigenvalue weighted by Gasteiger charge is -2.33. The summed E-state index contributed by atoms with van der Waals surface area (Å²) in [6, 6.07) is 0.111. The highest BCUT2D eigenvalue weighted by atomic mass is 32.2. The zero-order valence-corrected chi connectivity index (χ0v) is 13.7. The third-order valence-electron chi connectivity index (χ3n) is 5.08. The van der Waals surface area contributed by atoms with Gasteiger partial charge >= 0.3 is 0 Å². The Hall–Kier alpha value is -0.170. The second-order valence-electron chi connectivity index (χ2n) is 6.57. The maximum Gasteiger partial charge on any atom is 0.279 e. The zero-order chi connectivity index (χ0) is 14.8. The number of piperidine rings is 1. The van der Waals surface area contributed by atoms with Crippen molar-refractivity contribution in [3.63, 3.8) is 0 Å². The molecule has 4 atom stereocenters. The number of hydrogen-bond donors (Lipinski definition) is 2. The van der Waals surface area contributed by atoms with E-state index in [0.29, 0.717) is 30.8 Å². The molecule has 1 heterocycles. The number of nitrogens with one attached hydrogen (secondary N) is 2. The summed E-state index contributed by atoms with van der Waals surface area (Å²) in [5.41, 5.74) is 0. The second kappa shape index (κ2) is 6.73. The molecule has 0 bridgehead atoms. The van der Waals surface area contributed by atoms with Gasteiger partial charge < -0.3 is 5.32 Å². The van der Waals surface area contributed by atoms with E-state index in [1.165, 1.54) is 0 Å². The quantitative estimate of drug-likeness (QED) is 0.802. The predicted octanol–water partition coefficient (Wildman–Crippen LogP) is 1.19. The highest BCUT2D eigenvalue weighted by Crippen LogP contribution is 2.32. The molecule has 0 aromatic rings. The molecule has 2 rings (SSSR count). The molecule has 118 valence electrons. The highest BCUT2D eigenvalue weighted by Gasteiger charge is 2.36. The van der Waals surface area contributed by atoms with E-state index in [1.54, 1.807) is 4.31 Å². The van der Waals surface area contributed by atoms with Crippen LogP contribution in [0.15, 0.2) is 0 Å². The van der Waals surface area contributed by atoms with Crippen LogP contribution in [-0.2, 0) is 10.2 Å². The van der Waals surface area contributed by atoms with Crippen LogP contribution in [0.3, 0.4) is 0 Å². The summed E-state index contributed by atoms with van der Waals surface area (Å²) in [6.07, 6.45) is 4.17. The van der Waals surface area contributed by atoms with Gasteiger partial charge in [0.05, 0.1) is 0 Å². The first-order chi connectivity index (χ1) is 9.44. The lowest BCUT2D eigenvalue weighted by Crippen LogP contribution is -2.50. The second-order valence-corrected chi connectivity index (χ2v) is 8.27. The molecular weight excluding hydrogens is 274 g/mol. The summed E-state index contributed by atoms with van der Waals surface area (Å²) < 4.78 is 29.7. The molecule has 0 spiro atoms. The van der Waals surface area contributed by atoms with E-state index in [1.807, 2.05) is 7.05 Å². The van der Waals surface area contributed by atoms with Gasteiger partial charge in [0.15, 0.2) is 0 Å². The van der Waals surface area contributed by atoms with Gasteiger partial charge in [-0.25, -0.2) is 0 Å². The van der Waals surface area contributed by atoms with Gasteiger partial charge in [0.2, 0.25) is 0 Å². The first-order valence-corrected chi connectivity index (χ1v) is 9.30. The summed E-state index contributed by atoms with van der Waals surface area (Å²) in [5.74, 6) is 1.48. The van der Waals surface area contributed by atoms with E-state index in [9.17, 15) is 8.42 Å². The fourth-order valence-corrected chi connectivity index (χ4v) is 5.14. The molecule has 20 heavy (non-hydrogen) atoms. The van der Waals surface area contributed by atoms with Crippen molar-refractivity contribution in [2.75, 3.05) is 26.7 Å². The summed E-state index contributed by atoms with van der Waals surface area (Å²) in [7, 11) is -1.39. The van der Waals surface area contributed by atoms with Crippen molar-refractivity contribution in [3.8, 4) is 0 Å². The first-order valence-electron chi connectivity index (χ1n) is 7.86. The van der Waals surface area contributed by atoms with E-state index < -0.39 is 10.2 Å². The lowest BCUT2D eigenvalue weighted by atomic mass is 9.98. The van der Waals surface area contributed by atoms with Crippen molar-refractivity contribution >= 4 is 10.2 Å². The molecule has 2 aliphatic rings. The summed E-state index contributed by atoms with van der Waals surface area (Å²) in [4.78, 5) is 0. The van der Waals surface area contributed by atoms with E-state index in [4.69, 9.17) is 0 Å². The summed E-state index contributed by atoms with van der Waals surface area (Å²) in [6.45, 7) is 6.57. The molecule has 0 aromatic carbocycles. The van der Waals surface area contributed by atoms with Gasteiger partial charge in [0.25, 0.3) is 10.2 Å². The minimum Gasteiger partial charge on any atom is -0.319 e. The van der Waals surface area contributed by atoms with E-state index in [0.717, 1.165) is 32.2 Å². The van der Waals surface area contributed by atoms with Crippen molar-refractivity contribution in [1.29, 1.82) is 0 Å². The minimum atomic E-state index is -3.32. The van der Waals surface area contributed by atoms with Crippen molar-refractivity contribution in [3.05, 3.63) is 0 Å². The van der Waals surface area contributed by atoms with Crippen LogP contribution in [0.1, 0.15) is 39.5 Å². The van der Waals surface area contributed by atoms with Crippen molar-refractivity contribution in [2.45, 2.75) is 45.6 Å². The van der Waals surface area contributed by atoms with Crippen LogP contribution in [0, 0.1) is 17.8 Å². The van der Waals surface area contributed by atoms with Crippen molar-refractivity contribution < 1.29 is 8.42 Å². The SMILES string of the molecule is CNCC1CCCN(S(=O)(=O)NC2CCC(C)C2C)C1. The van der Waals surface area contributed by atoms with Crippen LogP contribution < -0.4 is 10.0 Å².